The minimum atomic E-state index is 0.0255. The second kappa shape index (κ2) is 5.67. The summed E-state index contributed by atoms with van der Waals surface area (Å²) in [7, 11) is 3.58. The van der Waals surface area contributed by atoms with Crippen molar-refractivity contribution >= 4 is 22.6 Å². The molecule has 19 heavy (non-hydrogen) atoms. The minimum Gasteiger partial charge on any atom is -0.384 e. The summed E-state index contributed by atoms with van der Waals surface area (Å²) in [4.78, 5) is 6.55. The summed E-state index contributed by atoms with van der Waals surface area (Å²) in [6.07, 6.45) is 0. The van der Waals surface area contributed by atoms with Crippen molar-refractivity contribution in [2.75, 3.05) is 32.2 Å². The number of aromatic nitrogens is 1. The average molecular weight is 258 g/mol. The number of nitrogens with one attached hydrogen (secondary N) is 1. The number of rotatable bonds is 5. The zero-order valence-electron chi connectivity index (χ0n) is 11.2. The van der Waals surface area contributed by atoms with Crippen molar-refractivity contribution in [2.45, 2.75) is 0 Å². The topological polar surface area (TPSA) is 75.2 Å². The lowest BCUT2D eigenvalue weighted by atomic mass is 10.1. The maximum Gasteiger partial charge on any atom is 0.140 e. The fourth-order valence-corrected chi connectivity index (χ4v) is 1.93. The summed E-state index contributed by atoms with van der Waals surface area (Å²) in [6.45, 7) is 1.30. The van der Waals surface area contributed by atoms with E-state index in [4.69, 9.17) is 15.9 Å². The standard InChI is InChI=1S/C14H18N4O/c1-18(7-8-19-2)14-11(13(15)16)9-10-5-3-4-6-12(10)17-14/h3-6,9H,7-8H2,1-2H3,(H3,15,16). The molecular weight excluding hydrogens is 240 g/mol. The van der Waals surface area contributed by atoms with Crippen LogP contribution in [-0.4, -0.2) is 38.1 Å². The molecule has 0 aliphatic rings. The number of nitrogen functional groups attached to an aromatic ring is 1. The second-order valence-electron chi connectivity index (χ2n) is 4.38. The number of likely N-dealkylation sites (N-methyl/N-ethyl adjacent to an activating group) is 1. The van der Waals surface area contributed by atoms with E-state index in [1.807, 2.05) is 42.3 Å². The van der Waals surface area contributed by atoms with Gasteiger partial charge >= 0.3 is 0 Å². The Labute approximate surface area is 112 Å². The van der Waals surface area contributed by atoms with Crippen molar-refractivity contribution in [3.8, 4) is 0 Å². The van der Waals surface area contributed by atoms with Crippen molar-refractivity contribution in [1.82, 2.24) is 4.98 Å². The smallest absolute Gasteiger partial charge is 0.140 e. The van der Waals surface area contributed by atoms with E-state index in [-0.39, 0.29) is 5.84 Å². The molecule has 0 aliphatic heterocycles. The van der Waals surface area contributed by atoms with Crippen molar-refractivity contribution in [2.24, 2.45) is 5.73 Å². The highest BCUT2D eigenvalue weighted by molar-refractivity contribution is 6.02. The van der Waals surface area contributed by atoms with Gasteiger partial charge in [0, 0.05) is 26.1 Å². The molecule has 0 aliphatic carbocycles. The van der Waals surface area contributed by atoms with Gasteiger partial charge in [-0.15, -0.1) is 0 Å². The summed E-state index contributed by atoms with van der Waals surface area (Å²) in [5.74, 6) is 0.737. The Hall–Kier alpha value is -2.14. The first-order chi connectivity index (χ1) is 9.13. The van der Waals surface area contributed by atoms with E-state index in [0.29, 0.717) is 24.5 Å². The van der Waals surface area contributed by atoms with E-state index < -0.39 is 0 Å². The molecule has 0 spiro atoms. The van der Waals surface area contributed by atoms with Crippen molar-refractivity contribution in [3.63, 3.8) is 0 Å². The highest BCUT2D eigenvalue weighted by Crippen LogP contribution is 2.22. The van der Waals surface area contributed by atoms with Crippen LogP contribution < -0.4 is 10.6 Å². The van der Waals surface area contributed by atoms with E-state index in [0.717, 1.165) is 10.9 Å². The molecule has 0 fully saturated rings. The van der Waals surface area contributed by atoms with Crippen LogP contribution in [0.5, 0.6) is 0 Å². The maximum atomic E-state index is 7.70. The molecule has 2 aromatic rings. The van der Waals surface area contributed by atoms with Crippen molar-refractivity contribution in [1.29, 1.82) is 5.41 Å². The number of para-hydroxylation sites is 1. The molecule has 5 nitrogen and oxygen atoms in total. The number of amidine groups is 1. The maximum absolute atomic E-state index is 7.70. The normalized spacial score (nSPS) is 10.6. The first-order valence-electron chi connectivity index (χ1n) is 6.07. The first kappa shape index (κ1) is 13.3. The molecule has 0 amide bonds. The number of hydrogen-bond donors (Lipinski definition) is 2. The van der Waals surface area contributed by atoms with Crippen LogP contribution in [0.15, 0.2) is 30.3 Å². The van der Waals surface area contributed by atoms with Gasteiger partial charge in [-0.25, -0.2) is 4.98 Å². The molecule has 1 aromatic heterocycles. The molecule has 5 heteroatoms. The Morgan fingerprint density at radius 1 is 1.42 bits per heavy atom. The predicted octanol–water partition coefficient (Wildman–Crippen LogP) is 1.60. The van der Waals surface area contributed by atoms with Gasteiger partial charge in [0.05, 0.1) is 17.7 Å². The van der Waals surface area contributed by atoms with Crippen LogP contribution in [0.25, 0.3) is 10.9 Å². The molecule has 100 valence electrons. The lowest BCUT2D eigenvalue weighted by molar-refractivity contribution is 0.206. The third-order valence-corrected chi connectivity index (χ3v) is 2.99. The SMILES string of the molecule is COCCN(C)c1nc2ccccc2cc1C(=N)N. The summed E-state index contributed by atoms with van der Waals surface area (Å²) in [5, 5.41) is 8.68. The highest BCUT2D eigenvalue weighted by atomic mass is 16.5. The van der Waals surface area contributed by atoms with E-state index >= 15 is 0 Å². The van der Waals surface area contributed by atoms with Crippen LogP contribution in [0.3, 0.4) is 0 Å². The fraction of sp³-hybridized carbons (Fsp3) is 0.286. The van der Waals surface area contributed by atoms with E-state index in [9.17, 15) is 0 Å². The number of methoxy groups -OCH3 is 1. The fourth-order valence-electron chi connectivity index (χ4n) is 1.93. The van der Waals surface area contributed by atoms with E-state index in [2.05, 4.69) is 4.98 Å². The van der Waals surface area contributed by atoms with Gasteiger partial charge in [-0.1, -0.05) is 18.2 Å². The van der Waals surface area contributed by atoms with Crippen molar-refractivity contribution < 1.29 is 4.74 Å². The number of benzene rings is 1. The second-order valence-corrected chi connectivity index (χ2v) is 4.38. The minimum absolute atomic E-state index is 0.0255. The van der Waals surface area contributed by atoms with Gasteiger partial charge in [-0.3, -0.25) is 5.41 Å². The monoisotopic (exact) mass is 258 g/mol. The first-order valence-corrected chi connectivity index (χ1v) is 6.07. The number of hydrogen-bond acceptors (Lipinski definition) is 4. The number of pyridine rings is 1. The van der Waals surface area contributed by atoms with Crippen molar-refractivity contribution in [3.05, 3.63) is 35.9 Å². The van der Waals surface area contributed by atoms with E-state index in [1.165, 1.54) is 0 Å². The molecule has 0 saturated carbocycles. The quantitative estimate of drug-likeness (QED) is 0.631. The Kier molecular flexibility index (Phi) is 3.97. The summed E-state index contributed by atoms with van der Waals surface area (Å²) in [6, 6.07) is 9.72. The zero-order chi connectivity index (χ0) is 13.8. The molecule has 0 radical (unpaired) electrons. The summed E-state index contributed by atoms with van der Waals surface area (Å²) >= 11 is 0. The highest BCUT2D eigenvalue weighted by Gasteiger charge is 2.13. The molecule has 0 atom stereocenters. The Morgan fingerprint density at radius 2 is 2.16 bits per heavy atom. The number of fused-ring (bicyclic) bond motifs is 1. The van der Waals surface area contributed by atoms with Crippen LogP contribution in [0.4, 0.5) is 5.82 Å². The van der Waals surface area contributed by atoms with Crippen LogP contribution in [0.1, 0.15) is 5.56 Å². The molecule has 0 unspecified atom stereocenters. The molecule has 0 saturated heterocycles. The van der Waals surface area contributed by atoms with Crippen LogP contribution in [-0.2, 0) is 4.74 Å². The molecular formula is C14H18N4O. The lowest BCUT2D eigenvalue weighted by Crippen LogP contribution is -2.26. The van der Waals surface area contributed by atoms with Crippen LogP contribution in [0, 0.1) is 5.41 Å². The third kappa shape index (κ3) is 2.82. The Bertz CT molecular complexity index is 597. The number of ether oxygens (including phenoxy) is 1. The van der Waals surface area contributed by atoms with Gasteiger partial charge in [0.15, 0.2) is 0 Å². The predicted molar refractivity (Wildman–Crippen MR) is 77.9 cm³/mol. The summed E-state index contributed by atoms with van der Waals surface area (Å²) in [5.41, 5.74) is 7.20. The zero-order valence-corrected chi connectivity index (χ0v) is 11.2. The third-order valence-electron chi connectivity index (χ3n) is 2.99. The van der Waals surface area contributed by atoms with Gasteiger partial charge in [-0.2, -0.15) is 0 Å². The van der Waals surface area contributed by atoms with Gasteiger partial charge < -0.3 is 15.4 Å². The van der Waals surface area contributed by atoms with Gasteiger partial charge in [0.1, 0.15) is 11.7 Å². The van der Waals surface area contributed by atoms with Crippen LogP contribution >= 0.6 is 0 Å². The Balaban J connectivity index is 2.50. The lowest BCUT2D eigenvalue weighted by Gasteiger charge is -2.21. The van der Waals surface area contributed by atoms with E-state index in [1.54, 1.807) is 7.11 Å². The molecule has 0 bridgehead atoms. The number of anilines is 1. The average Bonchev–Trinajstić information content (AvgIpc) is 2.43. The van der Waals surface area contributed by atoms with Gasteiger partial charge in [0.2, 0.25) is 0 Å². The molecule has 1 aromatic carbocycles. The van der Waals surface area contributed by atoms with Crippen LogP contribution in [0.2, 0.25) is 0 Å². The Morgan fingerprint density at radius 3 is 2.84 bits per heavy atom. The molecule has 2 rings (SSSR count). The van der Waals surface area contributed by atoms with Gasteiger partial charge in [0.25, 0.3) is 0 Å². The largest absolute Gasteiger partial charge is 0.384 e. The molecule has 3 N–H and O–H groups in total. The number of nitrogens with zero attached hydrogens (tertiary/aromatic N) is 2. The summed E-state index contributed by atoms with van der Waals surface area (Å²) < 4.78 is 5.07. The number of nitrogens with two attached hydrogens (primary N) is 1. The molecule has 1 heterocycles. The van der Waals surface area contributed by atoms with Gasteiger partial charge in [-0.05, 0) is 12.1 Å².